The van der Waals surface area contributed by atoms with Crippen LogP contribution in [0.3, 0.4) is 0 Å². The topological polar surface area (TPSA) is 36.1 Å². The van der Waals surface area contributed by atoms with E-state index in [9.17, 15) is 0 Å². The first-order chi connectivity index (χ1) is 5.61. The molecule has 0 aromatic carbocycles. The summed E-state index contributed by atoms with van der Waals surface area (Å²) in [7, 11) is 5.86. The Labute approximate surface area is 75.6 Å². The Bertz CT molecular complexity index is 148. The number of hydrogen-bond acceptors (Lipinski definition) is 3. The lowest BCUT2D eigenvalue weighted by atomic mass is 10.1. The zero-order valence-electron chi connectivity index (χ0n) is 8.78. The molecule has 3 nitrogen and oxygen atoms in total. The Morgan fingerprint density at radius 2 is 1.75 bits per heavy atom. The van der Waals surface area contributed by atoms with Crippen molar-refractivity contribution in [2.45, 2.75) is 25.9 Å². The highest BCUT2D eigenvalue weighted by Gasteiger charge is 2.19. The van der Waals surface area contributed by atoms with Crippen LogP contribution in [-0.4, -0.2) is 26.8 Å². The molecule has 0 atom stereocenters. The predicted octanol–water partition coefficient (Wildman–Crippen LogP) is 0.655. The standard InChI is InChI=1S/C9H21N3/c1-6-8(10-3)7-9(2,11-4)12-5/h6,10-12H,7H2,1-5H3. The molecule has 0 aliphatic heterocycles. The van der Waals surface area contributed by atoms with Crippen molar-refractivity contribution in [1.82, 2.24) is 16.0 Å². The van der Waals surface area contributed by atoms with Gasteiger partial charge < -0.3 is 16.0 Å². The van der Waals surface area contributed by atoms with Crippen molar-refractivity contribution < 1.29 is 0 Å². The maximum absolute atomic E-state index is 3.24. The van der Waals surface area contributed by atoms with E-state index in [-0.39, 0.29) is 5.66 Å². The average molecular weight is 171 g/mol. The van der Waals surface area contributed by atoms with E-state index in [4.69, 9.17) is 0 Å². The van der Waals surface area contributed by atoms with Crippen LogP contribution >= 0.6 is 0 Å². The van der Waals surface area contributed by atoms with E-state index in [0.717, 1.165) is 6.42 Å². The Morgan fingerprint density at radius 1 is 1.25 bits per heavy atom. The van der Waals surface area contributed by atoms with Crippen molar-refractivity contribution >= 4 is 0 Å². The molecule has 0 aromatic heterocycles. The second-order valence-electron chi connectivity index (χ2n) is 3.07. The van der Waals surface area contributed by atoms with Gasteiger partial charge in [0.25, 0.3) is 0 Å². The van der Waals surface area contributed by atoms with Crippen LogP contribution in [0, 0.1) is 0 Å². The summed E-state index contributed by atoms with van der Waals surface area (Å²) in [5.74, 6) is 0. The third-order valence-corrected chi connectivity index (χ3v) is 2.32. The fourth-order valence-electron chi connectivity index (χ4n) is 1.02. The van der Waals surface area contributed by atoms with Crippen molar-refractivity contribution in [1.29, 1.82) is 0 Å². The van der Waals surface area contributed by atoms with Crippen molar-refractivity contribution in [3.63, 3.8) is 0 Å². The lowest BCUT2D eigenvalue weighted by Gasteiger charge is -2.29. The summed E-state index contributed by atoms with van der Waals surface area (Å²) in [6.45, 7) is 4.17. The summed E-state index contributed by atoms with van der Waals surface area (Å²) in [5.41, 5.74) is 1.21. The molecule has 0 heterocycles. The fourth-order valence-corrected chi connectivity index (χ4v) is 1.02. The lowest BCUT2D eigenvalue weighted by molar-refractivity contribution is 0.320. The third-order valence-electron chi connectivity index (χ3n) is 2.32. The minimum atomic E-state index is -0.0230. The third kappa shape index (κ3) is 3.24. The molecule has 0 bridgehead atoms. The van der Waals surface area contributed by atoms with Gasteiger partial charge in [0.15, 0.2) is 0 Å². The molecule has 0 fully saturated rings. The molecular weight excluding hydrogens is 150 g/mol. The van der Waals surface area contributed by atoms with Crippen LogP contribution in [0.25, 0.3) is 0 Å². The number of hydrogen-bond donors (Lipinski definition) is 3. The average Bonchev–Trinajstić information content (AvgIpc) is 2.14. The van der Waals surface area contributed by atoms with Gasteiger partial charge in [-0.3, -0.25) is 0 Å². The van der Waals surface area contributed by atoms with E-state index in [2.05, 4.69) is 29.0 Å². The molecule has 0 aliphatic carbocycles. The minimum absolute atomic E-state index is 0.0230. The summed E-state index contributed by atoms with van der Waals surface area (Å²) in [5, 5.41) is 9.63. The van der Waals surface area contributed by atoms with Crippen LogP contribution in [-0.2, 0) is 0 Å². The summed E-state index contributed by atoms with van der Waals surface area (Å²) in [4.78, 5) is 0. The molecule has 3 N–H and O–H groups in total. The molecule has 0 radical (unpaired) electrons. The van der Waals surface area contributed by atoms with E-state index in [1.807, 2.05) is 28.1 Å². The second-order valence-corrected chi connectivity index (χ2v) is 3.07. The van der Waals surface area contributed by atoms with Crippen LogP contribution in [0.1, 0.15) is 20.3 Å². The second kappa shape index (κ2) is 5.17. The Hall–Kier alpha value is -0.540. The lowest BCUT2D eigenvalue weighted by Crippen LogP contribution is -2.52. The van der Waals surface area contributed by atoms with Crippen LogP contribution in [0.15, 0.2) is 11.8 Å². The van der Waals surface area contributed by atoms with E-state index < -0.39 is 0 Å². The van der Waals surface area contributed by atoms with Gasteiger partial charge in [0, 0.05) is 19.2 Å². The molecule has 0 aromatic rings. The first kappa shape index (κ1) is 11.5. The van der Waals surface area contributed by atoms with Gasteiger partial charge in [-0.05, 0) is 27.9 Å². The Balaban J connectivity index is 4.19. The van der Waals surface area contributed by atoms with Gasteiger partial charge in [-0.1, -0.05) is 6.08 Å². The highest BCUT2D eigenvalue weighted by Crippen LogP contribution is 2.09. The van der Waals surface area contributed by atoms with Crippen LogP contribution in [0.2, 0.25) is 0 Å². The zero-order valence-corrected chi connectivity index (χ0v) is 8.78. The molecule has 0 saturated carbocycles. The maximum Gasteiger partial charge on any atom is 0.0708 e. The number of rotatable bonds is 5. The van der Waals surface area contributed by atoms with Crippen molar-refractivity contribution in [2.75, 3.05) is 21.1 Å². The molecule has 72 valence electrons. The first-order valence-electron chi connectivity index (χ1n) is 4.32. The largest absolute Gasteiger partial charge is 0.392 e. The molecule has 0 rings (SSSR count). The van der Waals surface area contributed by atoms with Crippen LogP contribution < -0.4 is 16.0 Å². The summed E-state index contributed by atoms with van der Waals surface area (Å²) in [6, 6.07) is 0. The fraction of sp³-hybridized carbons (Fsp3) is 0.778. The predicted molar refractivity (Wildman–Crippen MR) is 54.0 cm³/mol. The molecule has 0 amide bonds. The van der Waals surface area contributed by atoms with Crippen LogP contribution in [0.4, 0.5) is 0 Å². The summed E-state index contributed by atoms with van der Waals surface area (Å²) < 4.78 is 0. The van der Waals surface area contributed by atoms with E-state index in [1.54, 1.807) is 0 Å². The van der Waals surface area contributed by atoms with E-state index in [1.165, 1.54) is 5.70 Å². The highest BCUT2D eigenvalue weighted by molar-refractivity contribution is 5.02. The maximum atomic E-state index is 3.24. The van der Waals surface area contributed by atoms with Gasteiger partial charge in [0.05, 0.1) is 5.66 Å². The van der Waals surface area contributed by atoms with Gasteiger partial charge in [-0.2, -0.15) is 0 Å². The van der Waals surface area contributed by atoms with Crippen molar-refractivity contribution in [3.8, 4) is 0 Å². The minimum Gasteiger partial charge on any atom is -0.392 e. The molecule has 3 heteroatoms. The van der Waals surface area contributed by atoms with Gasteiger partial charge in [0.1, 0.15) is 0 Å². The molecule has 0 aliphatic rings. The smallest absolute Gasteiger partial charge is 0.0708 e. The van der Waals surface area contributed by atoms with Gasteiger partial charge in [-0.25, -0.2) is 0 Å². The summed E-state index contributed by atoms with van der Waals surface area (Å²) >= 11 is 0. The van der Waals surface area contributed by atoms with Crippen molar-refractivity contribution in [2.24, 2.45) is 0 Å². The van der Waals surface area contributed by atoms with E-state index in [0.29, 0.717) is 0 Å². The molecular formula is C9H21N3. The first-order valence-corrected chi connectivity index (χ1v) is 4.32. The zero-order chi connectivity index (χ0) is 9.61. The quantitative estimate of drug-likeness (QED) is 0.532. The monoisotopic (exact) mass is 171 g/mol. The number of nitrogens with one attached hydrogen (secondary N) is 3. The molecule has 0 unspecified atom stereocenters. The Morgan fingerprint density at radius 3 is 2.00 bits per heavy atom. The SMILES string of the molecule is CC=C(CC(C)(NC)NC)NC. The van der Waals surface area contributed by atoms with Crippen molar-refractivity contribution in [3.05, 3.63) is 11.8 Å². The van der Waals surface area contributed by atoms with Gasteiger partial charge >= 0.3 is 0 Å². The Kier molecular flexibility index (Phi) is 4.93. The van der Waals surface area contributed by atoms with Crippen LogP contribution in [0.5, 0.6) is 0 Å². The normalized spacial score (nSPS) is 13.2. The number of allylic oxidation sites excluding steroid dienone is 1. The molecule has 12 heavy (non-hydrogen) atoms. The molecule has 0 saturated heterocycles. The van der Waals surface area contributed by atoms with Gasteiger partial charge in [-0.15, -0.1) is 0 Å². The highest BCUT2D eigenvalue weighted by atomic mass is 15.2. The molecule has 0 spiro atoms. The van der Waals surface area contributed by atoms with E-state index >= 15 is 0 Å². The summed E-state index contributed by atoms with van der Waals surface area (Å²) in [6.07, 6.45) is 3.04. The van der Waals surface area contributed by atoms with Gasteiger partial charge in [0.2, 0.25) is 0 Å².